The monoisotopic (exact) mass is 347 g/mol. The van der Waals surface area contributed by atoms with E-state index >= 15 is 0 Å². The van der Waals surface area contributed by atoms with Crippen LogP contribution in [0.3, 0.4) is 0 Å². The molecule has 1 aliphatic heterocycles. The molecular weight excluding hydrogens is 326 g/mol. The average Bonchev–Trinajstić information content (AvgIpc) is 2.66. The standard InChI is InChI=1S/C17H21N3O5/c1-23-13-10-12(11-14(24-2)16(13)25-3)17(22)20-8-6-19(7-9-20)15(21)4-5-18/h10-11H,4,6-9H2,1-3H3. The summed E-state index contributed by atoms with van der Waals surface area (Å²) in [5.74, 6) is 0.864. The lowest BCUT2D eigenvalue weighted by molar-refractivity contribution is -0.131. The molecule has 2 rings (SSSR count). The van der Waals surface area contributed by atoms with Gasteiger partial charge in [0.15, 0.2) is 11.5 Å². The largest absolute Gasteiger partial charge is 0.493 e. The Morgan fingerprint density at radius 1 is 1.00 bits per heavy atom. The van der Waals surface area contributed by atoms with Crippen LogP contribution in [-0.2, 0) is 4.79 Å². The molecule has 8 heteroatoms. The minimum atomic E-state index is -0.206. The normalized spacial score (nSPS) is 13.8. The number of amides is 2. The van der Waals surface area contributed by atoms with Crippen molar-refractivity contribution in [1.29, 1.82) is 5.26 Å². The third-order valence-corrected chi connectivity index (χ3v) is 4.06. The van der Waals surface area contributed by atoms with E-state index in [2.05, 4.69) is 0 Å². The summed E-state index contributed by atoms with van der Waals surface area (Å²) in [6, 6.07) is 5.07. The predicted octanol–water partition coefficient (Wildman–Crippen LogP) is 0.910. The molecule has 134 valence electrons. The van der Waals surface area contributed by atoms with Crippen molar-refractivity contribution in [3.05, 3.63) is 17.7 Å². The van der Waals surface area contributed by atoms with Gasteiger partial charge in [0, 0.05) is 31.7 Å². The van der Waals surface area contributed by atoms with Crippen molar-refractivity contribution in [2.24, 2.45) is 0 Å². The Labute approximate surface area is 146 Å². The second kappa shape index (κ2) is 8.24. The van der Waals surface area contributed by atoms with E-state index < -0.39 is 0 Å². The Morgan fingerprint density at radius 2 is 1.52 bits per heavy atom. The molecule has 0 atom stereocenters. The van der Waals surface area contributed by atoms with Crippen LogP contribution >= 0.6 is 0 Å². The first-order chi connectivity index (χ1) is 12.0. The van der Waals surface area contributed by atoms with Gasteiger partial charge in [-0.05, 0) is 12.1 Å². The number of ether oxygens (including phenoxy) is 3. The molecule has 1 aromatic rings. The maximum Gasteiger partial charge on any atom is 0.254 e. The molecule has 1 fully saturated rings. The van der Waals surface area contributed by atoms with Crippen LogP contribution in [0.1, 0.15) is 16.8 Å². The second-order valence-corrected chi connectivity index (χ2v) is 5.42. The van der Waals surface area contributed by atoms with Gasteiger partial charge >= 0.3 is 0 Å². The van der Waals surface area contributed by atoms with Gasteiger partial charge in [0.1, 0.15) is 6.42 Å². The van der Waals surface area contributed by atoms with E-state index in [4.69, 9.17) is 19.5 Å². The second-order valence-electron chi connectivity index (χ2n) is 5.42. The van der Waals surface area contributed by atoms with Crippen LogP contribution in [0.2, 0.25) is 0 Å². The average molecular weight is 347 g/mol. The van der Waals surface area contributed by atoms with Crippen molar-refractivity contribution in [1.82, 2.24) is 9.80 Å². The molecular formula is C17H21N3O5. The molecule has 1 saturated heterocycles. The zero-order valence-corrected chi connectivity index (χ0v) is 14.6. The van der Waals surface area contributed by atoms with Gasteiger partial charge in [0.05, 0.1) is 27.4 Å². The number of benzene rings is 1. The number of rotatable bonds is 5. The third kappa shape index (κ3) is 3.94. The molecule has 8 nitrogen and oxygen atoms in total. The zero-order valence-electron chi connectivity index (χ0n) is 14.6. The number of carbonyl (C=O) groups excluding carboxylic acids is 2. The Bertz CT molecular complexity index is 665. The first-order valence-corrected chi connectivity index (χ1v) is 7.79. The smallest absolute Gasteiger partial charge is 0.254 e. The van der Waals surface area contributed by atoms with E-state index in [-0.39, 0.29) is 18.2 Å². The Morgan fingerprint density at radius 3 is 1.96 bits per heavy atom. The molecule has 1 aliphatic rings. The van der Waals surface area contributed by atoms with Crippen LogP contribution in [0.4, 0.5) is 0 Å². The number of nitriles is 1. The van der Waals surface area contributed by atoms with Gasteiger partial charge in [-0.3, -0.25) is 9.59 Å². The molecule has 0 spiro atoms. The van der Waals surface area contributed by atoms with Gasteiger partial charge in [0.2, 0.25) is 11.7 Å². The minimum absolute atomic E-state index is 0.138. The van der Waals surface area contributed by atoms with E-state index in [9.17, 15) is 9.59 Å². The van der Waals surface area contributed by atoms with Crippen molar-refractivity contribution >= 4 is 11.8 Å². The van der Waals surface area contributed by atoms with Crippen LogP contribution < -0.4 is 14.2 Å². The summed E-state index contributed by atoms with van der Waals surface area (Å²) in [5, 5.41) is 8.60. The third-order valence-electron chi connectivity index (χ3n) is 4.06. The molecule has 25 heavy (non-hydrogen) atoms. The van der Waals surface area contributed by atoms with Crippen molar-refractivity contribution < 1.29 is 23.8 Å². The quantitative estimate of drug-likeness (QED) is 0.786. The number of piperazine rings is 1. The molecule has 0 bridgehead atoms. The summed E-state index contributed by atoms with van der Waals surface area (Å²) in [4.78, 5) is 27.8. The molecule has 0 saturated carbocycles. The van der Waals surface area contributed by atoms with Gasteiger partial charge in [0.25, 0.3) is 5.91 Å². The van der Waals surface area contributed by atoms with E-state index in [0.717, 1.165) is 0 Å². The van der Waals surface area contributed by atoms with Gasteiger partial charge in [-0.1, -0.05) is 0 Å². The summed E-state index contributed by atoms with van der Waals surface area (Å²) in [5.41, 5.74) is 0.423. The van der Waals surface area contributed by atoms with Crippen LogP contribution in [0, 0.1) is 11.3 Å². The van der Waals surface area contributed by atoms with E-state index in [0.29, 0.717) is 49.0 Å². The highest BCUT2D eigenvalue weighted by molar-refractivity contribution is 5.96. The number of hydrogen-bond acceptors (Lipinski definition) is 6. The number of methoxy groups -OCH3 is 3. The molecule has 2 amide bonds. The maximum absolute atomic E-state index is 12.8. The molecule has 0 aliphatic carbocycles. The first-order valence-electron chi connectivity index (χ1n) is 7.79. The Balaban J connectivity index is 2.14. The fourth-order valence-electron chi connectivity index (χ4n) is 2.73. The molecule has 1 heterocycles. The van der Waals surface area contributed by atoms with Crippen LogP contribution in [-0.4, -0.2) is 69.1 Å². The predicted molar refractivity (Wildman–Crippen MR) is 88.8 cm³/mol. The highest BCUT2D eigenvalue weighted by atomic mass is 16.5. The van der Waals surface area contributed by atoms with Crippen LogP contribution in [0.15, 0.2) is 12.1 Å². The van der Waals surface area contributed by atoms with Crippen LogP contribution in [0.25, 0.3) is 0 Å². The van der Waals surface area contributed by atoms with Gasteiger partial charge in [-0.25, -0.2) is 0 Å². The van der Waals surface area contributed by atoms with Gasteiger partial charge in [-0.2, -0.15) is 5.26 Å². The number of nitrogens with zero attached hydrogens (tertiary/aromatic N) is 3. The summed E-state index contributed by atoms with van der Waals surface area (Å²) in [7, 11) is 4.48. The summed E-state index contributed by atoms with van der Waals surface area (Å²) < 4.78 is 15.8. The van der Waals surface area contributed by atoms with Crippen molar-refractivity contribution in [2.45, 2.75) is 6.42 Å². The molecule has 0 aromatic heterocycles. The van der Waals surface area contributed by atoms with E-state index in [1.807, 2.05) is 6.07 Å². The highest BCUT2D eigenvalue weighted by Crippen LogP contribution is 2.38. The molecule has 0 N–H and O–H groups in total. The van der Waals surface area contributed by atoms with E-state index in [1.165, 1.54) is 21.3 Å². The maximum atomic E-state index is 12.8. The lowest BCUT2D eigenvalue weighted by atomic mass is 10.1. The fourth-order valence-corrected chi connectivity index (χ4v) is 2.73. The Kier molecular flexibility index (Phi) is 6.06. The van der Waals surface area contributed by atoms with Crippen LogP contribution in [0.5, 0.6) is 17.2 Å². The first kappa shape index (κ1) is 18.4. The number of hydrogen-bond donors (Lipinski definition) is 0. The topological polar surface area (TPSA) is 92.1 Å². The SMILES string of the molecule is COc1cc(C(=O)N2CCN(C(=O)CC#N)CC2)cc(OC)c1OC. The lowest BCUT2D eigenvalue weighted by Gasteiger charge is -2.34. The highest BCUT2D eigenvalue weighted by Gasteiger charge is 2.26. The lowest BCUT2D eigenvalue weighted by Crippen LogP contribution is -2.50. The van der Waals surface area contributed by atoms with Crippen molar-refractivity contribution in [3.63, 3.8) is 0 Å². The van der Waals surface area contributed by atoms with Crippen molar-refractivity contribution in [2.75, 3.05) is 47.5 Å². The minimum Gasteiger partial charge on any atom is -0.493 e. The van der Waals surface area contributed by atoms with Gasteiger partial charge in [-0.15, -0.1) is 0 Å². The van der Waals surface area contributed by atoms with Crippen molar-refractivity contribution in [3.8, 4) is 23.3 Å². The molecule has 0 radical (unpaired) electrons. The summed E-state index contributed by atoms with van der Waals surface area (Å²) in [6.45, 7) is 1.65. The van der Waals surface area contributed by atoms with Gasteiger partial charge < -0.3 is 24.0 Å². The Hall–Kier alpha value is -2.95. The summed E-state index contributed by atoms with van der Waals surface area (Å²) in [6.07, 6.45) is -0.138. The summed E-state index contributed by atoms with van der Waals surface area (Å²) >= 11 is 0. The molecule has 0 unspecified atom stereocenters. The fraction of sp³-hybridized carbons (Fsp3) is 0.471. The molecule has 1 aromatic carbocycles. The number of carbonyl (C=O) groups is 2. The van der Waals surface area contributed by atoms with E-state index in [1.54, 1.807) is 21.9 Å². The zero-order chi connectivity index (χ0) is 18.4.